The molecule has 0 spiro atoms. The molecule has 4 aromatic rings. The normalized spacial score (nSPS) is 10.9. The third-order valence-corrected chi connectivity index (χ3v) is 5.43. The lowest BCUT2D eigenvalue weighted by molar-refractivity contribution is -0.392. The van der Waals surface area contributed by atoms with E-state index in [1.807, 2.05) is 43.3 Å². The van der Waals surface area contributed by atoms with Gasteiger partial charge in [-0.1, -0.05) is 35.9 Å². The quantitative estimate of drug-likeness (QED) is 0.221. The molecular formula is C23H20ClN5O4. The zero-order chi connectivity index (χ0) is 23.5. The molecule has 0 aliphatic rings. The van der Waals surface area contributed by atoms with Crippen LogP contribution in [0.4, 0.5) is 5.82 Å². The molecule has 0 fully saturated rings. The third kappa shape index (κ3) is 4.63. The van der Waals surface area contributed by atoms with Gasteiger partial charge in [0, 0.05) is 17.5 Å². The summed E-state index contributed by atoms with van der Waals surface area (Å²) in [5.41, 5.74) is 3.53. The first kappa shape index (κ1) is 22.2. The van der Waals surface area contributed by atoms with Gasteiger partial charge < -0.3 is 14.9 Å². The lowest BCUT2D eigenvalue weighted by Gasteiger charge is -2.09. The molecule has 0 saturated carbocycles. The number of nitrogens with zero attached hydrogens (tertiary/aromatic N) is 5. The number of hydrogen-bond donors (Lipinski definition) is 0. The van der Waals surface area contributed by atoms with Crippen molar-refractivity contribution in [2.45, 2.75) is 20.4 Å². The minimum absolute atomic E-state index is 0.0651. The Bertz CT molecular complexity index is 1330. The highest BCUT2D eigenvalue weighted by molar-refractivity contribution is 6.30. The summed E-state index contributed by atoms with van der Waals surface area (Å²) in [5, 5.41) is 16.2. The lowest BCUT2D eigenvalue weighted by atomic mass is 10.1. The molecule has 2 aromatic heterocycles. The maximum Gasteiger partial charge on any atom is 0.359 e. The molecule has 0 saturated heterocycles. The van der Waals surface area contributed by atoms with Gasteiger partial charge in [-0.05, 0) is 47.7 Å². The molecule has 33 heavy (non-hydrogen) atoms. The van der Waals surface area contributed by atoms with Gasteiger partial charge in [-0.25, -0.2) is 19.0 Å². The van der Waals surface area contributed by atoms with Crippen molar-refractivity contribution in [3.63, 3.8) is 0 Å². The van der Waals surface area contributed by atoms with Crippen LogP contribution in [0, 0.1) is 24.0 Å². The van der Waals surface area contributed by atoms with E-state index < -0.39 is 10.9 Å². The summed E-state index contributed by atoms with van der Waals surface area (Å²) in [6.07, 6.45) is 1.18. The fourth-order valence-corrected chi connectivity index (χ4v) is 3.62. The minimum Gasteiger partial charge on any atom is -0.457 e. The fourth-order valence-electron chi connectivity index (χ4n) is 3.49. The Balaban J connectivity index is 1.60. The molecule has 0 aliphatic heterocycles. The van der Waals surface area contributed by atoms with E-state index >= 15 is 0 Å². The van der Waals surface area contributed by atoms with Crippen molar-refractivity contribution in [2.75, 3.05) is 6.61 Å². The molecule has 0 atom stereocenters. The third-order valence-electron chi connectivity index (χ3n) is 5.18. The largest absolute Gasteiger partial charge is 0.457 e. The van der Waals surface area contributed by atoms with Crippen LogP contribution in [-0.2, 0) is 11.3 Å². The first-order valence-electron chi connectivity index (χ1n) is 10.1. The van der Waals surface area contributed by atoms with E-state index in [9.17, 15) is 14.9 Å². The molecule has 0 radical (unpaired) electrons. The fraction of sp³-hybridized carbons (Fsp3) is 0.174. The molecule has 0 N–H and O–H groups in total. The number of nitro groups is 1. The van der Waals surface area contributed by atoms with Gasteiger partial charge >= 0.3 is 11.8 Å². The monoisotopic (exact) mass is 465 g/mol. The summed E-state index contributed by atoms with van der Waals surface area (Å²) in [7, 11) is 0. The van der Waals surface area contributed by atoms with E-state index in [-0.39, 0.29) is 24.7 Å². The Kier molecular flexibility index (Phi) is 6.23. The van der Waals surface area contributed by atoms with Crippen molar-refractivity contribution in [3.8, 4) is 16.9 Å². The lowest BCUT2D eigenvalue weighted by Crippen LogP contribution is -2.14. The molecule has 9 nitrogen and oxygen atoms in total. The van der Waals surface area contributed by atoms with E-state index in [2.05, 4.69) is 10.1 Å². The van der Waals surface area contributed by atoms with Crippen molar-refractivity contribution >= 4 is 23.4 Å². The second-order valence-corrected chi connectivity index (χ2v) is 7.76. The van der Waals surface area contributed by atoms with Crippen molar-refractivity contribution in [3.05, 3.63) is 93.0 Å². The molecule has 4 rings (SSSR count). The number of hydrogen-bond acceptors (Lipinski definition) is 6. The van der Waals surface area contributed by atoms with Gasteiger partial charge in [0.05, 0.1) is 11.4 Å². The predicted octanol–water partition coefficient (Wildman–Crippen LogP) is 4.77. The van der Waals surface area contributed by atoms with E-state index in [4.69, 9.17) is 16.3 Å². The van der Waals surface area contributed by atoms with Crippen molar-refractivity contribution in [1.82, 2.24) is 19.3 Å². The van der Waals surface area contributed by atoms with Crippen LogP contribution in [0.25, 0.3) is 16.9 Å². The van der Waals surface area contributed by atoms with Crippen LogP contribution in [0.1, 0.15) is 21.9 Å². The SMILES string of the molecule is Cc1ccccc1-c1cc(C(=O)OCCn2c([N+](=O)[O-])cnc2C)nn1-c1ccc(Cl)cc1. The van der Waals surface area contributed by atoms with Crippen LogP contribution in [0.3, 0.4) is 0 Å². The average Bonchev–Trinajstić information content (AvgIpc) is 3.39. The van der Waals surface area contributed by atoms with Crippen LogP contribution < -0.4 is 0 Å². The average molecular weight is 466 g/mol. The first-order chi connectivity index (χ1) is 15.8. The van der Waals surface area contributed by atoms with E-state index in [1.165, 1.54) is 10.8 Å². The Morgan fingerprint density at radius 3 is 2.58 bits per heavy atom. The number of benzene rings is 2. The summed E-state index contributed by atoms with van der Waals surface area (Å²) >= 11 is 6.03. The minimum atomic E-state index is -0.627. The van der Waals surface area contributed by atoms with Gasteiger partial charge in [0.2, 0.25) is 0 Å². The molecule has 0 aliphatic carbocycles. The van der Waals surface area contributed by atoms with E-state index in [0.29, 0.717) is 10.8 Å². The highest BCUT2D eigenvalue weighted by Crippen LogP contribution is 2.27. The zero-order valence-electron chi connectivity index (χ0n) is 17.9. The number of imidazole rings is 1. The number of ether oxygens (including phenoxy) is 1. The van der Waals surface area contributed by atoms with E-state index in [0.717, 1.165) is 22.5 Å². The van der Waals surface area contributed by atoms with E-state index in [1.54, 1.807) is 29.8 Å². The van der Waals surface area contributed by atoms with Gasteiger partial charge in [0.15, 0.2) is 11.5 Å². The maximum absolute atomic E-state index is 12.8. The molecule has 0 unspecified atom stereocenters. The van der Waals surface area contributed by atoms with Crippen LogP contribution in [0.15, 0.2) is 60.8 Å². The highest BCUT2D eigenvalue weighted by Gasteiger charge is 2.21. The summed E-state index contributed by atoms with van der Waals surface area (Å²) in [5.74, 6) is -0.318. The van der Waals surface area contributed by atoms with Gasteiger partial charge in [-0.3, -0.25) is 0 Å². The predicted molar refractivity (Wildman–Crippen MR) is 123 cm³/mol. The van der Waals surface area contributed by atoms with Gasteiger partial charge in [-0.2, -0.15) is 5.10 Å². The number of carbonyl (C=O) groups is 1. The van der Waals surface area contributed by atoms with Crippen molar-refractivity contribution in [1.29, 1.82) is 0 Å². The number of aromatic nitrogens is 4. The number of aryl methyl sites for hydroxylation is 2. The Hall–Kier alpha value is -3.98. The Morgan fingerprint density at radius 2 is 1.88 bits per heavy atom. The van der Waals surface area contributed by atoms with Crippen molar-refractivity contribution < 1.29 is 14.5 Å². The van der Waals surface area contributed by atoms with Gasteiger partial charge in [0.25, 0.3) is 0 Å². The number of rotatable bonds is 7. The molecule has 0 amide bonds. The second kappa shape index (κ2) is 9.25. The Labute approximate surface area is 194 Å². The van der Waals surface area contributed by atoms with Crippen LogP contribution in [0.2, 0.25) is 5.02 Å². The molecule has 0 bridgehead atoms. The van der Waals surface area contributed by atoms with Crippen molar-refractivity contribution in [2.24, 2.45) is 0 Å². The molecule has 2 aromatic carbocycles. The number of carbonyl (C=O) groups excluding carboxylic acids is 1. The number of esters is 1. The van der Waals surface area contributed by atoms with Gasteiger partial charge in [-0.15, -0.1) is 0 Å². The second-order valence-electron chi connectivity index (χ2n) is 7.33. The highest BCUT2D eigenvalue weighted by atomic mass is 35.5. The number of halogens is 1. The summed E-state index contributed by atoms with van der Waals surface area (Å²) in [6.45, 7) is 3.67. The summed E-state index contributed by atoms with van der Waals surface area (Å²) < 4.78 is 8.43. The molecule has 2 heterocycles. The summed E-state index contributed by atoms with van der Waals surface area (Å²) in [6, 6.07) is 16.6. The molecule has 10 heteroatoms. The standard InChI is InChI=1S/C23H20ClN5O4/c1-15-5-3-4-6-19(15)21-13-20(26-28(21)18-9-7-17(24)8-10-18)23(30)33-12-11-27-16(2)25-14-22(27)29(31)32/h3-10,13-14H,11-12H2,1-2H3. The first-order valence-corrected chi connectivity index (χ1v) is 10.5. The Morgan fingerprint density at radius 1 is 1.15 bits per heavy atom. The van der Waals surface area contributed by atoms with Crippen LogP contribution in [0.5, 0.6) is 0 Å². The zero-order valence-corrected chi connectivity index (χ0v) is 18.7. The smallest absolute Gasteiger partial charge is 0.359 e. The topological polar surface area (TPSA) is 105 Å². The van der Waals surface area contributed by atoms with Crippen LogP contribution >= 0.6 is 11.6 Å². The van der Waals surface area contributed by atoms with Gasteiger partial charge in [0.1, 0.15) is 19.3 Å². The summed E-state index contributed by atoms with van der Waals surface area (Å²) in [4.78, 5) is 27.3. The van der Waals surface area contributed by atoms with Crippen LogP contribution in [-0.4, -0.2) is 36.8 Å². The molecule has 168 valence electrons. The molecular weight excluding hydrogens is 446 g/mol. The maximum atomic E-state index is 12.8.